The number of halogens is 6. The molecule has 220 valence electrons. The van der Waals surface area contributed by atoms with Gasteiger partial charge in [-0.3, -0.25) is 27.8 Å². The van der Waals surface area contributed by atoms with E-state index in [2.05, 4.69) is 37.7 Å². The van der Waals surface area contributed by atoms with Gasteiger partial charge in [0.05, 0.1) is 59.3 Å². The van der Waals surface area contributed by atoms with Gasteiger partial charge in [-0.25, -0.2) is 0 Å². The van der Waals surface area contributed by atoms with Crippen molar-refractivity contribution in [2.45, 2.75) is 50.5 Å². The molecule has 0 aromatic rings. The fourth-order valence-electron chi connectivity index (χ4n) is 3.04. The highest BCUT2D eigenvalue weighted by Crippen LogP contribution is 2.21. The summed E-state index contributed by atoms with van der Waals surface area (Å²) in [7, 11) is -6.77. The molecule has 2 fully saturated rings. The van der Waals surface area contributed by atoms with Gasteiger partial charge in [0.15, 0.2) is 0 Å². The van der Waals surface area contributed by atoms with Crippen LogP contribution < -0.4 is 9.80 Å². The molecule has 2 heterocycles. The van der Waals surface area contributed by atoms with Crippen LogP contribution >= 0.6 is 0 Å². The number of quaternary nitrogens is 2. The number of nitrogens with one attached hydrogen (secondary N) is 4. The van der Waals surface area contributed by atoms with E-state index in [1.54, 1.807) is 9.80 Å². The zero-order valence-corrected chi connectivity index (χ0v) is 22.7. The molecule has 4 atom stereocenters. The third-order valence-corrected chi connectivity index (χ3v) is 6.28. The van der Waals surface area contributed by atoms with Crippen molar-refractivity contribution in [3.63, 3.8) is 0 Å². The summed E-state index contributed by atoms with van der Waals surface area (Å²) in [6.45, 7) is 15.1. The molecule has 18 heteroatoms. The van der Waals surface area contributed by atoms with Gasteiger partial charge in [0.25, 0.3) is 0 Å². The summed E-state index contributed by atoms with van der Waals surface area (Å²) in [5.74, 6) is 0. The van der Waals surface area contributed by atoms with Crippen LogP contribution in [0.2, 0.25) is 0 Å². The van der Waals surface area contributed by atoms with Crippen LogP contribution in [0.5, 0.6) is 0 Å². The zero-order chi connectivity index (χ0) is 28.8. The molecule has 2 rings (SSSR count). The van der Waals surface area contributed by atoms with Gasteiger partial charge in [0.1, 0.15) is 13.3 Å². The third-order valence-electron chi connectivity index (χ3n) is 5.06. The summed E-state index contributed by atoms with van der Waals surface area (Å²) in [6, 6.07) is 0. The van der Waals surface area contributed by atoms with Gasteiger partial charge in [-0.15, -0.1) is 0 Å². The van der Waals surface area contributed by atoms with Crippen molar-refractivity contribution in [1.82, 2.24) is 9.80 Å². The van der Waals surface area contributed by atoms with Crippen LogP contribution in [0.3, 0.4) is 0 Å². The van der Waals surface area contributed by atoms with Crippen LogP contribution in [-0.2, 0) is 20.0 Å². The highest BCUT2D eigenvalue weighted by atomic mass is 32.2. The molecule has 0 saturated carbocycles. The van der Waals surface area contributed by atoms with Crippen LogP contribution in [-0.4, -0.2) is 105 Å². The molecule has 4 N–H and O–H groups in total. The number of unbranched alkanes of at least 4 members (excludes halogenated alkanes) is 2. The van der Waals surface area contributed by atoms with E-state index in [0.29, 0.717) is 0 Å². The maximum absolute atomic E-state index is 10.8. The molecular weight excluding hydrogens is 542 g/mol. The van der Waals surface area contributed by atoms with Crippen molar-refractivity contribution in [1.29, 1.82) is 9.56 Å². The molecule has 2 saturated heterocycles. The minimum absolute atomic E-state index is 1.26. The molecule has 2 aliphatic heterocycles. The number of rotatable bonds is 6. The van der Waals surface area contributed by atoms with E-state index in [0.717, 1.165) is 0 Å². The lowest BCUT2D eigenvalue weighted by Crippen LogP contribution is -3.10. The van der Waals surface area contributed by atoms with Crippen molar-refractivity contribution >= 4 is 20.0 Å². The second-order valence-electron chi connectivity index (χ2n) is 8.58. The van der Waals surface area contributed by atoms with Gasteiger partial charge in [0.2, 0.25) is 0 Å². The SMILES string of the molecule is CCCC[NH+]1CCN(C)C1.CCCC[NH+]1CCN(C)C1.N=S(=O)([O-])C(F)(F)F.N=S(=O)([O-])C(F)(F)F. The molecule has 10 nitrogen and oxygen atoms in total. The maximum Gasteiger partial charge on any atom is 0.466 e. The molecule has 36 heavy (non-hydrogen) atoms. The van der Waals surface area contributed by atoms with E-state index in [1.165, 1.54) is 78.3 Å². The van der Waals surface area contributed by atoms with Crippen molar-refractivity contribution < 1.29 is 53.7 Å². The molecule has 0 spiro atoms. The van der Waals surface area contributed by atoms with E-state index < -0.39 is 31.0 Å². The van der Waals surface area contributed by atoms with Crippen molar-refractivity contribution in [2.24, 2.45) is 0 Å². The normalized spacial score (nSPS) is 24.2. The number of hydrogen-bond acceptors (Lipinski definition) is 8. The van der Waals surface area contributed by atoms with E-state index in [-0.39, 0.29) is 0 Å². The second-order valence-corrected chi connectivity index (χ2v) is 11.5. The topological polar surface area (TPSA) is 143 Å². The fourth-order valence-corrected chi connectivity index (χ4v) is 3.04. The van der Waals surface area contributed by atoms with Gasteiger partial charge in [-0.2, -0.15) is 26.3 Å². The largest absolute Gasteiger partial charge is 0.758 e. The summed E-state index contributed by atoms with van der Waals surface area (Å²) in [5.41, 5.74) is -10.8. The zero-order valence-electron chi connectivity index (χ0n) is 21.1. The Balaban J connectivity index is 0. The molecule has 0 bridgehead atoms. The predicted octanol–water partition coefficient (Wildman–Crippen LogP) is 0.515. The van der Waals surface area contributed by atoms with E-state index >= 15 is 0 Å². The lowest BCUT2D eigenvalue weighted by molar-refractivity contribution is -0.892. The first-order valence-corrected chi connectivity index (χ1v) is 14.3. The number of hydrogen-bond donors (Lipinski definition) is 4. The van der Waals surface area contributed by atoms with Crippen LogP contribution in [0, 0.1) is 9.56 Å². The third kappa shape index (κ3) is 18.5. The Morgan fingerprint density at radius 1 is 0.750 bits per heavy atom. The Hall–Kier alpha value is -0.760. The van der Waals surface area contributed by atoms with Crippen LogP contribution in [0.15, 0.2) is 0 Å². The molecule has 2 aliphatic rings. The summed E-state index contributed by atoms with van der Waals surface area (Å²) in [5, 5.41) is 0. The number of nitrogens with zero attached hydrogens (tertiary/aromatic N) is 2. The van der Waals surface area contributed by atoms with Crippen LogP contribution in [0.4, 0.5) is 26.3 Å². The Labute approximate surface area is 210 Å². The standard InChI is InChI=1S/2C8H18N2.2CH2F3NO2S/c2*1-3-4-5-10-7-6-9(2)8-10;2*2-1(3,4)8(5,6)7/h2*3-8H2,1-2H3;2*(H2,5,6,7). The lowest BCUT2D eigenvalue weighted by Gasteiger charge is -2.12. The summed E-state index contributed by atoms with van der Waals surface area (Å²) >= 11 is 0. The van der Waals surface area contributed by atoms with Crippen LogP contribution in [0.1, 0.15) is 39.5 Å². The number of likely N-dealkylation sites (N-methyl/N-ethyl adjacent to an activating group) is 2. The predicted molar refractivity (Wildman–Crippen MR) is 122 cm³/mol. The highest BCUT2D eigenvalue weighted by molar-refractivity contribution is 7.87. The first-order chi connectivity index (χ1) is 16.2. The second kappa shape index (κ2) is 17.0. The molecule has 4 unspecified atom stereocenters. The first-order valence-electron chi connectivity index (χ1n) is 11.3. The molecular formula is C18H40F6N6O4S2. The Bertz CT molecular complexity index is 731. The van der Waals surface area contributed by atoms with Crippen molar-refractivity contribution in [3.8, 4) is 0 Å². The van der Waals surface area contributed by atoms with Crippen molar-refractivity contribution in [3.05, 3.63) is 0 Å². The van der Waals surface area contributed by atoms with Gasteiger partial charge in [0, 0.05) is 0 Å². The molecule has 0 aromatic heterocycles. The Morgan fingerprint density at radius 3 is 1.14 bits per heavy atom. The lowest BCUT2D eigenvalue weighted by atomic mass is 10.3. The van der Waals surface area contributed by atoms with E-state index in [9.17, 15) is 43.9 Å². The van der Waals surface area contributed by atoms with E-state index in [1.807, 2.05) is 0 Å². The average Bonchev–Trinajstić information content (AvgIpc) is 3.31. The molecule has 0 aromatic carbocycles. The van der Waals surface area contributed by atoms with Crippen LogP contribution in [0.25, 0.3) is 0 Å². The van der Waals surface area contributed by atoms with Gasteiger partial charge in [-0.05, 0) is 26.9 Å². The van der Waals surface area contributed by atoms with Crippen molar-refractivity contribution in [2.75, 3.05) is 66.7 Å². The molecule has 0 radical (unpaired) electrons. The quantitative estimate of drug-likeness (QED) is 0.336. The first kappa shape index (κ1) is 37.4. The molecule has 0 amide bonds. The summed E-state index contributed by atoms with van der Waals surface area (Å²) < 4.78 is 112. The highest BCUT2D eigenvalue weighted by Gasteiger charge is 2.34. The van der Waals surface area contributed by atoms with Gasteiger partial charge in [-0.1, -0.05) is 26.7 Å². The maximum atomic E-state index is 10.8. The Morgan fingerprint density at radius 2 is 1.00 bits per heavy atom. The monoisotopic (exact) mass is 582 g/mol. The fraction of sp³-hybridized carbons (Fsp3) is 1.00. The minimum Gasteiger partial charge on any atom is -0.758 e. The average molecular weight is 583 g/mol. The van der Waals surface area contributed by atoms with Gasteiger partial charge >= 0.3 is 11.0 Å². The molecule has 0 aliphatic carbocycles. The summed E-state index contributed by atoms with van der Waals surface area (Å²) in [6.07, 6.45) is 5.47. The van der Waals surface area contributed by atoms with E-state index in [4.69, 9.17) is 9.56 Å². The summed E-state index contributed by atoms with van der Waals surface area (Å²) in [4.78, 5) is 8.35. The Kier molecular flexibility index (Phi) is 17.6. The minimum atomic E-state index is -5.59. The van der Waals surface area contributed by atoms with Gasteiger partial charge < -0.3 is 18.9 Å². The number of alkyl halides is 6. The smallest absolute Gasteiger partial charge is 0.466 e.